The van der Waals surface area contributed by atoms with Gasteiger partial charge in [-0.05, 0) is 51.4 Å². The number of ether oxygens (including phenoxy) is 1. The topological polar surface area (TPSA) is 95.9 Å². The van der Waals surface area contributed by atoms with Gasteiger partial charge in [0, 0.05) is 12.8 Å². The molecule has 0 aromatic heterocycles. The van der Waals surface area contributed by atoms with Gasteiger partial charge in [-0.15, -0.1) is 0 Å². The summed E-state index contributed by atoms with van der Waals surface area (Å²) < 4.78 is 5.49. The summed E-state index contributed by atoms with van der Waals surface area (Å²) in [6, 6.07) is -0.535. The van der Waals surface area contributed by atoms with Gasteiger partial charge < -0.3 is 20.3 Å². The summed E-state index contributed by atoms with van der Waals surface area (Å²) in [7, 11) is 0. The van der Waals surface area contributed by atoms with Crippen LogP contribution in [0.1, 0.15) is 438 Å². The Bertz CT molecular complexity index is 1240. The molecule has 3 N–H and O–H groups in total. The molecule has 0 aliphatic carbocycles. The molecule has 0 aliphatic heterocycles. The van der Waals surface area contributed by atoms with Gasteiger partial charge in [0.25, 0.3) is 0 Å². The van der Waals surface area contributed by atoms with Gasteiger partial charge in [0.05, 0.1) is 25.4 Å². The first-order chi connectivity index (χ1) is 40.5. The zero-order chi connectivity index (χ0) is 59.2. The monoisotopic (exact) mass is 1160 g/mol. The van der Waals surface area contributed by atoms with Crippen LogP contribution in [0.4, 0.5) is 0 Å². The maximum atomic E-state index is 12.5. The summed E-state index contributed by atoms with van der Waals surface area (Å²) in [5.41, 5.74) is 0. The van der Waals surface area contributed by atoms with E-state index in [1.165, 1.54) is 360 Å². The highest BCUT2D eigenvalue weighted by atomic mass is 16.5. The second-order valence-electron chi connectivity index (χ2n) is 26.3. The Balaban J connectivity index is 3.27. The number of aliphatic hydroxyl groups is 2. The van der Waals surface area contributed by atoms with E-state index in [9.17, 15) is 19.8 Å². The molecule has 488 valence electrons. The number of allylic oxidation sites excluding steroid dienone is 2. The van der Waals surface area contributed by atoms with Crippen LogP contribution >= 0.6 is 0 Å². The maximum Gasteiger partial charge on any atom is 0.305 e. The molecule has 2 unspecified atom stereocenters. The molecule has 0 spiro atoms. The summed E-state index contributed by atoms with van der Waals surface area (Å²) in [5.74, 6) is -0.0105. The third kappa shape index (κ3) is 67.7. The molecule has 0 bridgehead atoms. The number of amides is 1. The Labute approximate surface area is 514 Å². The number of hydrogen-bond donors (Lipinski definition) is 3. The molecular formula is C76H149NO5. The average Bonchev–Trinajstić information content (AvgIpc) is 3.48. The van der Waals surface area contributed by atoms with Gasteiger partial charge in [0.2, 0.25) is 5.91 Å². The van der Waals surface area contributed by atoms with Crippen molar-refractivity contribution in [2.75, 3.05) is 13.2 Å². The van der Waals surface area contributed by atoms with E-state index >= 15 is 0 Å². The van der Waals surface area contributed by atoms with Gasteiger partial charge in [-0.25, -0.2) is 0 Å². The van der Waals surface area contributed by atoms with E-state index in [1.54, 1.807) is 0 Å². The van der Waals surface area contributed by atoms with Crippen molar-refractivity contribution in [1.82, 2.24) is 5.32 Å². The lowest BCUT2D eigenvalue weighted by Crippen LogP contribution is -2.45. The van der Waals surface area contributed by atoms with Crippen LogP contribution in [0.2, 0.25) is 0 Å². The third-order valence-corrected chi connectivity index (χ3v) is 18.1. The lowest BCUT2D eigenvalue weighted by atomic mass is 10.0. The lowest BCUT2D eigenvalue weighted by molar-refractivity contribution is -0.143. The predicted octanol–water partition coefficient (Wildman–Crippen LogP) is 24.7. The van der Waals surface area contributed by atoms with E-state index < -0.39 is 12.1 Å². The molecule has 0 aromatic carbocycles. The van der Waals surface area contributed by atoms with Gasteiger partial charge in [-0.2, -0.15) is 0 Å². The minimum absolute atomic E-state index is 0.0155. The van der Waals surface area contributed by atoms with Crippen molar-refractivity contribution in [3.63, 3.8) is 0 Å². The van der Waals surface area contributed by atoms with Gasteiger partial charge in [0.1, 0.15) is 0 Å². The zero-order valence-corrected chi connectivity index (χ0v) is 56.0. The highest BCUT2D eigenvalue weighted by Gasteiger charge is 2.20. The van der Waals surface area contributed by atoms with Crippen molar-refractivity contribution in [3.05, 3.63) is 12.2 Å². The standard InChI is InChI=1S/C76H149NO5/c1-3-5-7-9-11-13-15-44-48-52-56-60-64-68-74(79)73(72-78)77-75(80)69-65-61-57-53-49-46-42-40-38-36-34-32-30-28-26-24-22-20-18-17-19-21-23-25-27-29-31-33-35-37-39-41-43-47-51-55-59-63-67-71-82-76(81)70-66-62-58-54-50-45-16-14-12-10-8-6-4-2/h14,16,73-74,78-79H,3-13,15,17-72H2,1-2H3,(H,77,80)/b16-14-. The summed E-state index contributed by atoms with van der Waals surface area (Å²) in [5, 5.41) is 23.3. The van der Waals surface area contributed by atoms with E-state index in [2.05, 4.69) is 31.3 Å². The van der Waals surface area contributed by atoms with Gasteiger partial charge in [0.15, 0.2) is 0 Å². The first-order valence-electron chi connectivity index (χ1n) is 37.9. The average molecular weight is 1160 g/mol. The van der Waals surface area contributed by atoms with E-state index in [4.69, 9.17) is 4.74 Å². The van der Waals surface area contributed by atoms with Gasteiger partial charge >= 0.3 is 5.97 Å². The van der Waals surface area contributed by atoms with Crippen LogP contribution in [-0.2, 0) is 14.3 Å². The number of hydrogen-bond acceptors (Lipinski definition) is 5. The van der Waals surface area contributed by atoms with E-state index in [1.807, 2.05) is 0 Å². The highest BCUT2D eigenvalue weighted by Crippen LogP contribution is 2.20. The van der Waals surface area contributed by atoms with E-state index in [-0.39, 0.29) is 18.5 Å². The largest absolute Gasteiger partial charge is 0.466 e. The first kappa shape index (κ1) is 80.6. The SMILES string of the molecule is CCCCCC/C=C\CCCCCCCC(=O)OCCCCCCCCCCCCCCCCCCCCCCCCCCCCCCCCCCCCCCCCCC(=O)NC(CO)C(O)CCCCCCCCCCCCCCC. The van der Waals surface area contributed by atoms with Crippen LogP contribution in [0.3, 0.4) is 0 Å². The van der Waals surface area contributed by atoms with Crippen molar-refractivity contribution < 1.29 is 24.5 Å². The Hall–Kier alpha value is -1.40. The molecule has 0 saturated carbocycles. The van der Waals surface area contributed by atoms with Gasteiger partial charge in [-0.3, -0.25) is 9.59 Å². The zero-order valence-electron chi connectivity index (χ0n) is 56.0. The molecule has 0 aromatic rings. The fourth-order valence-corrected chi connectivity index (χ4v) is 12.3. The van der Waals surface area contributed by atoms with Crippen molar-refractivity contribution in [1.29, 1.82) is 0 Å². The molecule has 6 heteroatoms. The Morgan fingerprint density at radius 3 is 0.878 bits per heavy atom. The number of nitrogens with one attached hydrogen (secondary N) is 1. The number of rotatable bonds is 72. The molecule has 0 rings (SSSR count). The molecule has 0 aliphatic rings. The summed E-state index contributed by atoms with van der Waals surface area (Å²) in [6.45, 7) is 4.97. The Morgan fingerprint density at radius 2 is 0.573 bits per heavy atom. The second-order valence-corrected chi connectivity index (χ2v) is 26.3. The van der Waals surface area contributed by atoms with Crippen LogP contribution < -0.4 is 5.32 Å². The third-order valence-electron chi connectivity index (χ3n) is 18.1. The maximum absolute atomic E-state index is 12.5. The van der Waals surface area contributed by atoms with Crippen molar-refractivity contribution in [3.8, 4) is 0 Å². The predicted molar refractivity (Wildman–Crippen MR) is 361 cm³/mol. The molecule has 0 fully saturated rings. The quantitative estimate of drug-likeness (QED) is 0.0320. The number of carbonyl (C=O) groups is 2. The van der Waals surface area contributed by atoms with Crippen LogP contribution in [-0.4, -0.2) is 47.4 Å². The fourth-order valence-electron chi connectivity index (χ4n) is 12.3. The lowest BCUT2D eigenvalue weighted by Gasteiger charge is -2.22. The van der Waals surface area contributed by atoms with Crippen molar-refractivity contribution in [2.45, 2.75) is 450 Å². The Morgan fingerprint density at radius 1 is 0.329 bits per heavy atom. The molecule has 82 heavy (non-hydrogen) atoms. The first-order valence-corrected chi connectivity index (χ1v) is 37.9. The van der Waals surface area contributed by atoms with Crippen LogP contribution in [0.25, 0.3) is 0 Å². The second kappa shape index (κ2) is 72.1. The summed E-state index contributed by atoms with van der Waals surface area (Å²) in [6.07, 6.45) is 90.2. The molecule has 1 amide bonds. The number of carbonyl (C=O) groups excluding carboxylic acids is 2. The minimum Gasteiger partial charge on any atom is -0.466 e. The number of aliphatic hydroxyl groups excluding tert-OH is 2. The highest BCUT2D eigenvalue weighted by molar-refractivity contribution is 5.76. The fraction of sp³-hybridized carbons (Fsp3) is 0.947. The summed E-state index contributed by atoms with van der Waals surface area (Å²) >= 11 is 0. The minimum atomic E-state index is -0.658. The number of esters is 1. The molecule has 2 atom stereocenters. The van der Waals surface area contributed by atoms with Crippen LogP contribution in [0.15, 0.2) is 12.2 Å². The number of unbranched alkanes of at least 4 members (excludes halogenated alkanes) is 59. The van der Waals surface area contributed by atoms with E-state index in [0.29, 0.717) is 25.9 Å². The van der Waals surface area contributed by atoms with Crippen LogP contribution in [0.5, 0.6) is 0 Å². The molecule has 6 nitrogen and oxygen atoms in total. The normalized spacial score (nSPS) is 12.5. The summed E-state index contributed by atoms with van der Waals surface area (Å²) in [4.78, 5) is 24.5. The molecule has 0 heterocycles. The van der Waals surface area contributed by atoms with Crippen molar-refractivity contribution >= 4 is 11.9 Å². The van der Waals surface area contributed by atoms with Crippen molar-refractivity contribution in [2.24, 2.45) is 0 Å². The molecule has 0 saturated heterocycles. The molecular weight excluding hydrogens is 1010 g/mol. The Kier molecular flexibility index (Phi) is 70.8. The smallest absolute Gasteiger partial charge is 0.305 e. The molecule has 0 radical (unpaired) electrons. The van der Waals surface area contributed by atoms with Gasteiger partial charge in [-0.1, -0.05) is 386 Å². The van der Waals surface area contributed by atoms with E-state index in [0.717, 1.165) is 44.9 Å². The van der Waals surface area contributed by atoms with Crippen LogP contribution in [0, 0.1) is 0 Å².